The van der Waals surface area contributed by atoms with E-state index in [1.807, 2.05) is 0 Å². The predicted molar refractivity (Wildman–Crippen MR) is 74.4 cm³/mol. The van der Waals surface area contributed by atoms with Crippen molar-refractivity contribution in [2.45, 2.75) is 51.6 Å². The summed E-state index contributed by atoms with van der Waals surface area (Å²) in [6, 6.07) is 5.38. The molecule has 0 spiro atoms. The van der Waals surface area contributed by atoms with Crippen molar-refractivity contribution in [2.75, 3.05) is 0 Å². The summed E-state index contributed by atoms with van der Waals surface area (Å²) in [6.07, 6.45) is 5.04. The third kappa shape index (κ3) is 3.46. The normalized spacial score (nSPS) is 26.0. The standard InChI is InChI=1S/C15H21ClFN/c1-10-3-6-13(7-4-10)18-11(2)14-8-5-12(17)9-15(14)16/h5,8-11,13,18H,3-4,6-7H2,1-2H3. The Morgan fingerprint density at radius 2 is 1.94 bits per heavy atom. The molecule has 1 aliphatic rings. The van der Waals surface area contributed by atoms with Crippen LogP contribution in [0.5, 0.6) is 0 Å². The van der Waals surface area contributed by atoms with Crippen molar-refractivity contribution in [3.8, 4) is 0 Å². The minimum atomic E-state index is -0.276. The average molecular weight is 270 g/mol. The molecule has 1 fully saturated rings. The minimum absolute atomic E-state index is 0.177. The molecule has 1 aliphatic carbocycles. The molecule has 1 aromatic rings. The van der Waals surface area contributed by atoms with Crippen LogP contribution in [0.2, 0.25) is 5.02 Å². The van der Waals surface area contributed by atoms with Crippen molar-refractivity contribution < 1.29 is 4.39 Å². The van der Waals surface area contributed by atoms with Gasteiger partial charge in [-0.15, -0.1) is 0 Å². The van der Waals surface area contributed by atoms with Crippen molar-refractivity contribution >= 4 is 11.6 Å². The molecule has 1 N–H and O–H groups in total. The van der Waals surface area contributed by atoms with E-state index in [4.69, 9.17) is 11.6 Å². The summed E-state index contributed by atoms with van der Waals surface area (Å²) in [5.41, 5.74) is 0.983. The van der Waals surface area contributed by atoms with Gasteiger partial charge >= 0.3 is 0 Å². The molecule has 0 bridgehead atoms. The fourth-order valence-corrected chi connectivity index (χ4v) is 3.05. The van der Waals surface area contributed by atoms with Crippen LogP contribution in [0.15, 0.2) is 18.2 Å². The highest BCUT2D eigenvalue weighted by molar-refractivity contribution is 6.31. The largest absolute Gasteiger partial charge is 0.307 e. The molecular weight excluding hydrogens is 249 g/mol. The number of benzene rings is 1. The minimum Gasteiger partial charge on any atom is -0.307 e. The zero-order chi connectivity index (χ0) is 13.1. The lowest BCUT2D eigenvalue weighted by Gasteiger charge is -2.30. The molecule has 2 rings (SSSR count). The third-order valence-electron chi connectivity index (χ3n) is 3.93. The predicted octanol–water partition coefficient (Wildman–Crippen LogP) is 4.71. The Hall–Kier alpha value is -0.600. The maximum Gasteiger partial charge on any atom is 0.124 e. The van der Waals surface area contributed by atoms with Crippen LogP contribution in [-0.4, -0.2) is 6.04 Å². The number of rotatable bonds is 3. The van der Waals surface area contributed by atoms with Gasteiger partial charge in [0.05, 0.1) is 0 Å². The number of halogens is 2. The molecular formula is C15H21ClFN. The number of hydrogen-bond acceptors (Lipinski definition) is 1. The van der Waals surface area contributed by atoms with Gasteiger partial charge < -0.3 is 5.32 Å². The Kier molecular flexibility index (Phi) is 4.63. The molecule has 18 heavy (non-hydrogen) atoms. The van der Waals surface area contributed by atoms with E-state index in [9.17, 15) is 4.39 Å². The summed E-state index contributed by atoms with van der Waals surface area (Å²) in [7, 11) is 0. The van der Waals surface area contributed by atoms with Crippen molar-refractivity contribution in [1.82, 2.24) is 5.32 Å². The molecule has 1 nitrogen and oxygen atoms in total. The van der Waals surface area contributed by atoms with Crippen LogP contribution in [-0.2, 0) is 0 Å². The van der Waals surface area contributed by atoms with E-state index in [-0.39, 0.29) is 11.9 Å². The maximum atomic E-state index is 13.0. The molecule has 0 aliphatic heterocycles. The third-order valence-corrected chi connectivity index (χ3v) is 4.26. The van der Waals surface area contributed by atoms with Crippen LogP contribution >= 0.6 is 11.6 Å². The molecule has 0 amide bonds. The van der Waals surface area contributed by atoms with Gasteiger partial charge in [-0.05, 0) is 56.2 Å². The fourth-order valence-electron chi connectivity index (χ4n) is 2.72. The zero-order valence-electron chi connectivity index (χ0n) is 11.0. The molecule has 0 heterocycles. The first-order chi connectivity index (χ1) is 8.56. The van der Waals surface area contributed by atoms with Crippen LogP contribution in [0.25, 0.3) is 0 Å². The summed E-state index contributed by atoms with van der Waals surface area (Å²) in [6.45, 7) is 4.41. The molecule has 0 radical (unpaired) electrons. The fraction of sp³-hybridized carbons (Fsp3) is 0.600. The second kappa shape index (κ2) is 6.03. The SMILES string of the molecule is CC1CCC(NC(C)c2ccc(F)cc2Cl)CC1. The van der Waals surface area contributed by atoms with E-state index >= 15 is 0 Å². The molecule has 1 unspecified atom stereocenters. The van der Waals surface area contributed by atoms with Gasteiger partial charge in [0.2, 0.25) is 0 Å². The molecule has 0 saturated heterocycles. The van der Waals surface area contributed by atoms with Gasteiger partial charge in [-0.1, -0.05) is 24.6 Å². The first kappa shape index (κ1) is 13.8. The van der Waals surface area contributed by atoms with Gasteiger partial charge in [0, 0.05) is 17.1 Å². The Balaban J connectivity index is 1.97. The maximum absolute atomic E-state index is 13.0. The molecule has 100 valence electrons. The van der Waals surface area contributed by atoms with E-state index < -0.39 is 0 Å². The van der Waals surface area contributed by atoms with Crippen LogP contribution in [0.3, 0.4) is 0 Å². The van der Waals surface area contributed by atoms with Crippen molar-refractivity contribution in [3.05, 3.63) is 34.6 Å². The topological polar surface area (TPSA) is 12.0 Å². The Bertz CT molecular complexity index is 399. The van der Waals surface area contributed by atoms with E-state index in [0.29, 0.717) is 11.1 Å². The molecule has 1 aromatic carbocycles. The Morgan fingerprint density at radius 1 is 1.28 bits per heavy atom. The highest BCUT2D eigenvalue weighted by Gasteiger charge is 2.20. The van der Waals surface area contributed by atoms with Crippen molar-refractivity contribution in [1.29, 1.82) is 0 Å². The van der Waals surface area contributed by atoms with Gasteiger partial charge in [0.25, 0.3) is 0 Å². The first-order valence-electron chi connectivity index (χ1n) is 6.77. The van der Waals surface area contributed by atoms with Crippen molar-refractivity contribution in [2.24, 2.45) is 5.92 Å². The lowest BCUT2D eigenvalue weighted by Crippen LogP contribution is -2.34. The van der Waals surface area contributed by atoms with Crippen LogP contribution in [0.4, 0.5) is 4.39 Å². The molecule has 1 atom stereocenters. The van der Waals surface area contributed by atoms with E-state index in [0.717, 1.165) is 11.5 Å². The highest BCUT2D eigenvalue weighted by Crippen LogP contribution is 2.28. The van der Waals surface area contributed by atoms with E-state index in [1.54, 1.807) is 6.07 Å². The van der Waals surface area contributed by atoms with Gasteiger partial charge in [-0.2, -0.15) is 0 Å². The van der Waals surface area contributed by atoms with Crippen LogP contribution in [0.1, 0.15) is 51.1 Å². The quantitative estimate of drug-likeness (QED) is 0.838. The molecule has 0 aromatic heterocycles. The number of nitrogens with one attached hydrogen (secondary N) is 1. The van der Waals surface area contributed by atoms with Crippen molar-refractivity contribution in [3.63, 3.8) is 0 Å². The van der Waals surface area contributed by atoms with Crippen LogP contribution in [0, 0.1) is 11.7 Å². The van der Waals surface area contributed by atoms with Gasteiger partial charge in [0.1, 0.15) is 5.82 Å². The van der Waals surface area contributed by atoms with Gasteiger partial charge in [0.15, 0.2) is 0 Å². The second-order valence-electron chi connectivity index (χ2n) is 5.51. The van der Waals surface area contributed by atoms with Gasteiger partial charge in [-0.3, -0.25) is 0 Å². The first-order valence-corrected chi connectivity index (χ1v) is 7.15. The van der Waals surface area contributed by atoms with Gasteiger partial charge in [-0.25, -0.2) is 4.39 Å². The second-order valence-corrected chi connectivity index (χ2v) is 5.92. The smallest absolute Gasteiger partial charge is 0.124 e. The lowest BCUT2D eigenvalue weighted by molar-refractivity contribution is 0.291. The summed E-state index contributed by atoms with van der Waals surface area (Å²) in [5, 5.41) is 4.12. The van der Waals surface area contributed by atoms with E-state index in [2.05, 4.69) is 19.2 Å². The summed E-state index contributed by atoms with van der Waals surface area (Å²) in [4.78, 5) is 0. The summed E-state index contributed by atoms with van der Waals surface area (Å²) >= 11 is 6.09. The van der Waals surface area contributed by atoms with Crippen LogP contribution < -0.4 is 5.32 Å². The Morgan fingerprint density at radius 3 is 2.56 bits per heavy atom. The zero-order valence-corrected chi connectivity index (χ0v) is 11.8. The summed E-state index contributed by atoms with van der Waals surface area (Å²) in [5.74, 6) is 0.579. The average Bonchev–Trinajstić information content (AvgIpc) is 2.32. The van der Waals surface area contributed by atoms with E-state index in [1.165, 1.54) is 37.8 Å². The highest BCUT2D eigenvalue weighted by atomic mass is 35.5. The molecule has 1 saturated carbocycles. The Labute approximate surface area is 114 Å². The molecule has 3 heteroatoms. The lowest BCUT2D eigenvalue weighted by atomic mass is 9.87. The monoisotopic (exact) mass is 269 g/mol. The summed E-state index contributed by atoms with van der Waals surface area (Å²) < 4.78 is 13.0. The number of hydrogen-bond donors (Lipinski definition) is 1.